The summed E-state index contributed by atoms with van der Waals surface area (Å²) < 4.78 is 0. The fraction of sp³-hybridized carbons (Fsp3) is 0.400. The Labute approximate surface area is 167 Å². The summed E-state index contributed by atoms with van der Waals surface area (Å²) >= 11 is 0.632. The second-order valence-electron chi connectivity index (χ2n) is 6.75. The van der Waals surface area contributed by atoms with Crippen LogP contribution in [0.5, 0.6) is 0 Å². The number of para-hydroxylation sites is 1. The number of thioether (sulfide) groups is 1. The van der Waals surface area contributed by atoms with Crippen LogP contribution in [0.3, 0.4) is 0 Å². The van der Waals surface area contributed by atoms with Gasteiger partial charge >= 0.3 is 5.97 Å². The van der Waals surface area contributed by atoms with Crippen molar-refractivity contribution in [2.45, 2.75) is 39.0 Å². The standard InChI is InChI=1S/C20H22N2O5S/c1-2-3-4-5-8-11-21-14-10-7-6-9-13(14)16(18(21)25)17-19(26)22(12-15(23)24)20(27)28-17/h6-7,9-10H,2-5,8,11-12H2,1H3,(H,23,24)/b17-16-. The van der Waals surface area contributed by atoms with Crippen LogP contribution >= 0.6 is 11.8 Å². The van der Waals surface area contributed by atoms with Crippen LogP contribution in [0, 0.1) is 0 Å². The molecule has 2 aliphatic rings. The second-order valence-corrected chi connectivity index (χ2v) is 7.71. The first kappa shape index (κ1) is 20.1. The molecule has 0 bridgehead atoms. The Hall–Kier alpha value is -2.61. The monoisotopic (exact) mass is 402 g/mol. The molecule has 3 amide bonds. The molecule has 0 aromatic heterocycles. The number of imide groups is 1. The second kappa shape index (κ2) is 8.60. The van der Waals surface area contributed by atoms with Crippen molar-refractivity contribution in [3.8, 4) is 0 Å². The summed E-state index contributed by atoms with van der Waals surface area (Å²) in [6.07, 6.45) is 5.29. The molecule has 0 atom stereocenters. The molecule has 8 heteroatoms. The predicted molar refractivity (Wildman–Crippen MR) is 107 cm³/mol. The molecule has 3 rings (SSSR count). The van der Waals surface area contributed by atoms with Crippen molar-refractivity contribution in [3.63, 3.8) is 0 Å². The topological polar surface area (TPSA) is 95.0 Å². The van der Waals surface area contributed by atoms with Crippen molar-refractivity contribution in [3.05, 3.63) is 34.7 Å². The maximum absolute atomic E-state index is 13.1. The molecule has 148 valence electrons. The lowest BCUT2D eigenvalue weighted by Crippen LogP contribution is -2.34. The number of amides is 3. The molecule has 1 aromatic carbocycles. The molecular formula is C20H22N2O5S. The van der Waals surface area contributed by atoms with Gasteiger partial charge < -0.3 is 10.0 Å². The number of aliphatic carboxylic acids is 1. The van der Waals surface area contributed by atoms with Crippen molar-refractivity contribution in [2.75, 3.05) is 18.0 Å². The molecule has 0 unspecified atom stereocenters. The van der Waals surface area contributed by atoms with Crippen LogP contribution < -0.4 is 4.90 Å². The smallest absolute Gasteiger partial charge is 0.323 e. The van der Waals surface area contributed by atoms with E-state index in [0.717, 1.165) is 37.8 Å². The summed E-state index contributed by atoms with van der Waals surface area (Å²) in [5, 5.41) is 8.26. The minimum atomic E-state index is -1.28. The third-order valence-electron chi connectivity index (χ3n) is 4.78. The molecule has 1 aromatic rings. The minimum Gasteiger partial charge on any atom is -0.480 e. The molecule has 2 aliphatic heterocycles. The molecule has 2 heterocycles. The SMILES string of the molecule is CCCCCCCN1C(=O)/C(=C2\SC(=O)N(CC(=O)O)C2=O)c2ccccc21. The van der Waals surface area contributed by atoms with Crippen molar-refractivity contribution >= 4 is 46.0 Å². The maximum Gasteiger partial charge on any atom is 0.323 e. The van der Waals surface area contributed by atoms with Crippen molar-refractivity contribution < 1.29 is 24.3 Å². The van der Waals surface area contributed by atoms with E-state index in [0.29, 0.717) is 28.8 Å². The lowest BCUT2D eigenvalue weighted by molar-refractivity contribution is -0.140. The molecule has 1 fully saturated rings. The normalized spacial score (nSPS) is 19.0. The summed E-state index contributed by atoms with van der Waals surface area (Å²) in [4.78, 5) is 51.1. The van der Waals surface area contributed by atoms with Gasteiger partial charge in [-0.2, -0.15) is 0 Å². The van der Waals surface area contributed by atoms with Gasteiger partial charge in [-0.1, -0.05) is 50.8 Å². The third kappa shape index (κ3) is 3.82. The van der Waals surface area contributed by atoms with Crippen molar-refractivity contribution in [1.82, 2.24) is 4.90 Å². The Kier molecular flexibility index (Phi) is 6.18. The number of nitrogens with zero attached hydrogens (tertiary/aromatic N) is 2. The van der Waals surface area contributed by atoms with E-state index < -0.39 is 23.7 Å². The highest BCUT2D eigenvalue weighted by molar-refractivity contribution is 8.18. The summed E-state index contributed by atoms with van der Waals surface area (Å²) in [7, 11) is 0. The van der Waals surface area contributed by atoms with Crippen LogP contribution in [-0.2, 0) is 14.4 Å². The van der Waals surface area contributed by atoms with Crippen LogP contribution in [0.15, 0.2) is 29.2 Å². The zero-order valence-electron chi connectivity index (χ0n) is 15.6. The number of carbonyl (C=O) groups excluding carboxylic acids is 3. The van der Waals surface area contributed by atoms with E-state index >= 15 is 0 Å². The predicted octanol–water partition coefficient (Wildman–Crippen LogP) is 3.49. The lowest BCUT2D eigenvalue weighted by atomic mass is 10.1. The van der Waals surface area contributed by atoms with Gasteiger partial charge in [-0.15, -0.1) is 0 Å². The first-order valence-corrected chi connectivity index (χ1v) is 10.2. The number of rotatable bonds is 8. The fourth-order valence-electron chi connectivity index (χ4n) is 3.42. The number of unbranched alkanes of at least 4 members (excludes halogenated alkanes) is 4. The van der Waals surface area contributed by atoms with Crippen LogP contribution in [0.1, 0.15) is 44.6 Å². The van der Waals surface area contributed by atoms with Gasteiger partial charge in [0.2, 0.25) is 0 Å². The van der Waals surface area contributed by atoms with Crippen molar-refractivity contribution in [2.24, 2.45) is 0 Å². The molecule has 28 heavy (non-hydrogen) atoms. The molecule has 0 spiro atoms. The highest BCUT2D eigenvalue weighted by atomic mass is 32.2. The number of hydrogen-bond acceptors (Lipinski definition) is 5. The van der Waals surface area contributed by atoms with Gasteiger partial charge in [0.1, 0.15) is 6.54 Å². The van der Waals surface area contributed by atoms with E-state index in [1.807, 2.05) is 12.1 Å². The Morgan fingerprint density at radius 3 is 2.43 bits per heavy atom. The van der Waals surface area contributed by atoms with Crippen LogP contribution in [0.4, 0.5) is 10.5 Å². The van der Waals surface area contributed by atoms with E-state index in [-0.39, 0.29) is 16.4 Å². The van der Waals surface area contributed by atoms with Gasteiger partial charge in [-0.05, 0) is 24.2 Å². The summed E-state index contributed by atoms with van der Waals surface area (Å²) in [6.45, 7) is 1.98. The zero-order chi connectivity index (χ0) is 20.3. The average molecular weight is 402 g/mol. The van der Waals surface area contributed by atoms with Crippen molar-refractivity contribution in [1.29, 1.82) is 0 Å². The van der Waals surface area contributed by atoms with Crippen LogP contribution in [-0.4, -0.2) is 46.1 Å². The Morgan fingerprint density at radius 1 is 1.00 bits per heavy atom. The van der Waals surface area contributed by atoms with Gasteiger partial charge in [0.25, 0.3) is 17.1 Å². The first-order chi connectivity index (χ1) is 13.5. The van der Waals surface area contributed by atoms with E-state index in [2.05, 4.69) is 6.92 Å². The lowest BCUT2D eigenvalue weighted by Gasteiger charge is -2.17. The van der Waals surface area contributed by atoms with E-state index in [4.69, 9.17) is 5.11 Å². The molecule has 1 N–H and O–H groups in total. The van der Waals surface area contributed by atoms with Gasteiger partial charge in [0, 0.05) is 12.1 Å². The van der Waals surface area contributed by atoms with Gasteiger partial charge in [0.05, 0.1) is 16.2 Å². The fourth-order valence-corrected chi connectivity index (χ4v) is 4.35. The summed E-state index contributed by atoms with van der Waals surface area (Å²) in [5.41, 5.74) is 1.53. The number of carbonyl (C=O) groups is 4. The third-order valence-corrected chi connectivity index (χ3v) is 5.76. The molecule has 0 aliphatic carbocycles. The van der Waals surface area contributed by atoms with E-state index in [1.165, 1.54) is 0 Å². The Bertz CT molecular complexity index is 864. The van der Waals surface area contributed by atoms with Gasteiger partial charge in [-0.25, -0.2) is 0 Å². The number of carboxylic acid groups (broad SMARTS) is 1. The number of fused-ring (bicyclic) bond motifs is 1. The largest absolute Gasteiger partial charge is 0.480 e. The molecule has 0 saturated carbocycles. The Balaban J connectivity index is 1.89. The number of carboxylic acids is 1. The summed E-state index contributed by atoms with van der Waals surface area (Å²) in [5.74, 6) is -2.31. The Morgan fingerprint density at radius 2 is 1.71 bits per heavy atom. The molecule has 1 saturated heterocycles. The minimum absolute atomic E-state index is 0.0113. The summed E-state index contributed by atoms with van der Waals surface area (Å²) in [6, 6.07) is 7.19. The molecule has 0 radical (unpaired) electrons. The zero-order valence-corrected chi connectivity index (χ0v) is 16.5. The molecule has 7 nitrogen and oxygen atoms in total. The molecular weight excluding hydrogens is 380 g/mol. The number of anilines is 1. The van der Waals surface area contributed by atoms with Crippen LogP contribution in [0.2, 0.25) is 0 Å². The number of benzene rings is 1. The van der Waals surface area contributed by atoms with Gasteiger partial charge in [-0.3, -0.25) is 24.1 Å². The van der Waals surface area contributed by atoms with E-state index in [1.54, 1.807) is 17.0 Å². The highest BCUT2D eigenvalue weighted by Crippen LogP contribution is 2.44. The maximum atomic E-state index is 13.1. The number of hydrogen-bond donors (Lipinski definition) is 1. The highest BCUT2D eigenvalue weighted by Gasteiger charge is 2.43. The quantitative estimate of drug-likeness (QED) is 0.528. The van der Waals surface area contributed by atoms with E-state index in [9.17, 15) is 19.2 Å². The average Bonchev–Trinajstić information content (AvgIpc) is 3.09. The first-order valence-electron chi connectivity index (χ1n) is 9.36. The van der Waals surface area contributed by atoms with Crippen LogP contribution in [0.25, 0.3) is 5.57 Å². The van der Waals surface area contributed by atoms with Gasteiger partial charge in [0.15, 0.2) is 0 Å².